The smallest absolute Gasteiger partial charge is 0.278 e. The van der Waals surface area contributed by atoms with Gasteiger partial charge in [-0.05, 0) is 50.7 Å². The zero-order valence-electron chi connectivity index (χ0n) is 17.8. The Morgan fingerprint density at radius 3 is 2.66 bits per heavy atom. The van der Waals surface area contributed by atoms with E-state index in [1.165, 1.54) is 0 Å². The molecule has 162 valence electrons. The highest BCUT2D eigenvalue weighted by molar-refractivity contribution is 5.43. The van der Waals surface area contributed by atoms with Crippen LogP contribution in [0.2, 0.25) is 0 Å². The minimum Gasteiger partial charge on any atom is -0.493 e. The lowest BCUT2D eigenvalue weighted by molar-refractivity contribution is 0.0668. The maximum atomic E-state index is 10.2. The largest absolute Gasteiger partial charge is 0.493 e. The third-order valence-corrected chi connectivity index (χ3v) is 4.50. The standard InChI is InChI=1S/C20H32N4O5/c1-14(2)24(4)12-17(25)13-28-18-7-6-16(10-19(18)26-5)11-21-8-9-27-20-15(3)22-29-23-20/h6-7,10,14,17,21,25H,8-9,11-13H2,1-5H3. The van der Waals surface area contributed by atoms with E-state index in [0.717, 1.165) is 5.56 Å². The van der Waals surface area contributed by atoms with Crippen molar-refractivity contribution >= 4 is 0 Å². The number of nitrogens with one attached hydrogen (secondary N) is 1. The number of nitrogens with zero attached hydrogens (tertiary/aromatic N) is 3. The molecule has 29 heavy (non-hydrogen) atoms. The molecule has 2 rings (SSSR count). The van der Waals surface area contributed by atoms with E-state index in [-0.39, 0.29) is 6.61 Å². The fourth-order valence-corrected chi connectivity index (χ4v) is 2.53. The van der Waals surface area contributed by atoms with Gasteiger partial charge < -0.3 is 29.5 Å². The quantitative estimate of drug-likeness (QED) is 0.479. The van der Waals surface area contributed by atoms with Gasteiger partial charge in [0.15, 0.2) is 11.5 Å². The van der Waals surface area contributed by atoms with Crippen LogP contribution in [0.1, 0.15) is 25.1 Å². The molecule has 2 aromatic rings. The molecule has 0 bridgehead atoms. The van der Waals surface area contributed by atoms with Crippen molar-refractivity contribution in [3.63, 3.8) is 0 Å². The molecule has 0 fully saturated rings. The topological polar surface area (TPSA) is 102 Å². The van der Waals surface area contributed by atoms with Crippen LogP contribution in [0.15, 0.2) is 22.8 Å². The summed E-state index contributed by atoms with van der Waals surface area (Å²) in [6.07, 6.45) is -0.572. The minimum absolute atomic E-state index is 0.207. The molecule has 1 atom stereocenters. The van der Waals surface area contributed by atoms with E-state index in [9.17, 15) is 5.11 Å². The first-order chi connectivity index (χ1) is 13.9. The van der Waals surface area contributed by atoms with Crippen LogP contribution >= 0.6 is 0 Å². The molecule has 0 radical (unpaired) electrons. The predicted octanol–water partition coefficient (Wildman–Crippen LogP) is 1.64. The lowest BCUT2D eigenvalue weighted by Crippen LogP contribution is -2.36. The second-order valence-electron chi connectivity index (χ2n) is 7.16. The van der Waals surface area contributed by atoms with Gasteiger partial charge in [-0.15, -0.1) is 0 Å². The van der Waals surface area contributed by atoms with Crippen molar-refractivity contribution < 1.29 is 23.9 Å². The molecule has 0 aliphatic heterocycles. The van der Waals surface area contributed by atoms with Crippen molar-refractivity contribution in [1.29, 1.82) is 0 Å². The van der Waals surface area contributed by atoms with Crippen LogP contribution in [0.4, 0.5) is 0 Å². The average molecular weight is 408 g/mol. The van der Waals surface area contributed by atoms with Crippen LogP contribution in [0.25, 0.3) is 0 Å². The number of ether oxygens (including phenoxy) is 3. The Kier molecular flexibility index (Phi) is 9.17. The highest BCUT2D eigenvalue weighted by Gasteiger charge is 2.13. The SMILES string of the molecule is COc1cc(CNCCOc2nonc2C)ccc1OCC(O)CN(C)C(C)C. The number of hydrogen-bond acceptors (Lipinski definition) is 9. The molecular formula is C20H32N4O5. The highest BCUT2D eigenvalue weighted by Crippen LogP contribution is 2.28. The van der Waals surface area contributed by atoms with Crippen molar-refractivity contribution in [2.75, 3.05) is 40.5 Å². The number of aromatic nitrogens is 2. The normalized spacial score (nSPS) is 12.4. The number of likely N-dealkylation sites (N-methyl/N-ethyl adjacent to an activating group) is 1. The maximum Gasteiger partial charge on any atom is 0.278 e. The summed E-state index contributed by atoms with van der Waals surface area (Å²) in [5.74, 6) is 1.66. The average Bonchev–Trinajstić information content (AvgIpc) is 3.11. The van der Waals surface area contributed by atoms with E-state index in [1.54, 1.807) is 14.0 Å². The first-order valence-corrected chi connectivity index (χ1v) is 9.71. The second-order valence-corrected chi connectivity index (χ2v) is 7.16. The number of benzene rings is 1. The number of aryl methyl sites for hydroxylation is 1. The number of hydrogen-bond donors (Lipinski definition) is 2. The summed E-state index contributed by atoms with van der Waals surface area (Å²) in [4.78, 5) is 2.07. The number of aliphatic hydroxyl groups excluding tert-OH is 1. The summed E-state index contributed by atoms with van der Waals surface area (Å²) in [5, 5.41) is 20.8. The molecule has 1 unspecified atom stereocenters. The number of rotatable bonds is 13. The Labute approximate surface area is 171 Å². The van der Waals surface area contributed by atoms with E-state index in [1.807, 2.05) is 25.2 Å². The van der Waals surface area contributed by atoms with Crippen LogP contribution in [-0.2, 0) is 6.54 Å². The Morgan fingerprint density at radius 1 is 1.21 bits per heavy atom. The fourth-order valence-electron chi connectivity index (χ4n) is 2.53. The Balaban J connectivity index is 1.76. The molecule has 9 nitrogen and oxygen atoms in total. The first-order valence-electron chi connectivity index (χ1n) is 9.71. The number of methoxy groups -OCH3 is 1. The van der Waals surface area contributed by atoms with Gasteiger partial charge in [0, 0.05) is 25.7 Å². The summed E-state index contributed by atoms with van der Waals surface area (Å²) >= 11 is 0. The molecule has 1 aromatic carbocycles. The lowest BCUT2D eigenvalue weighted by atomic mass is 10.2. The molecule has 9 heteroatoms. The van der Waals surface area contributed by atoms with Crippen molar-refractivity contribution in [2.45, 2.75) is 39.5 Å². The molecule has 0 amide bonds. The van der Waals surface area contributed by atoms with Gasteiger partial charge in [0.1, 0.15) is 25.0 Å². The molecule has 0 aliphatic carbocycles. The molecule has 2 N–H and O–H groups in total. The van der Waals surface area contributed by atoms with Crippen LogP contribution < -0.4 is 19.5 Å². The molecule has 1 heterocycles. The van der Waals surface area contributed by atoms with Crippen LogP contribution in [-0.4, -0.2) is 72.9 Å². The summed E-state index contributed by atoms with van der Waals surface area (Å²) in [6.45, 7) is 8.45. The van der Waals surface area contributed by atoms with Crippen molar-refractivity contribution in [3.8, 4) is 17.4 Å². The third kappa shape index (κ3) is 7.52. The predicted molar refractivity (Wildman–Crippen MR) is 108 cm³/mol. The van der Waals surface area contributed by atoms with Gasteiger partial charge in [-0.2, -0.15) is 0 Å². The lowest BCUT2D eigenvalue weighted by Gasteiger charge is -2.24. The molecule has 0 spiro atoms. The Hall–Kier alpha value is -2.36. The molecule has 0 saturated carbocycles. The zero-order valence-corrected chi connectivity index (χ0v) is 17.8. The van der Waals surface area contributed by atoms with Gasteiger partial charge in [0.2, 0.25) is 0 Å². The van der Waals surface area contributed by atoms with Gasteiger partial charge in [-0.3, -0.25) is 0 Å². The van der Waals surface area contributed by atoms with Gasteiger partial charge in [-0.25, -0.2) is 4.63 Å². The second kappa shape index (κ2) is 11.6. The van der Waals surface area contributed by atoms with E-state index in [4.69, 9.17) is 14.2 Å². The molecular weight excluding hydrogens is 376 g/mol. The zero-order chi connectivity index (χ0) is 21.2. The van der Waals surface area contributed by atoms with Gasteiger partial charge in [0.25, 0.3) is 5.88 Å². The van der Waals surface area contributed by atoms with E-state index in [2.05, 4.69) is 39.0 Å². The van der Waals surface area contributed by atoms with Gasteiger partial charge in [0.05, 0.1) is 7.11 Å². The molecule has 0 aliphatic rings. The van der Waals surface area contributed by atoms with Gasteiger partial charge in [-0.1, -0.05) is 11.2 Å². The summed E-state index contributed by atoms with van der Waals surface area (Å²) < 4.78 is 21.2. The van der Waals surface area contributed by atoms with Gasteiger partial charge >= 0.3 is 0 Å². The Bertz CT molecular complexity index is 737. The summed E-state index contributed by atoms with van der Waals surface area (Å²) in [5.41, 5.74) is 1.68. The highest BCUT2D eigenvalue weighted by atomic mass is 16.6. The van der Waals surface area contributed by atoms with Crippen molar-refractivity contribution in [3.05, 3.63) is 29.5 Å². The molecule has 0 saturated heterocycles. The van der Waals surface area contributed by atoms with E-state index < -0.39 is 6.10 Å². The monoisotopic (exact) mass is 408 g/mol. The molecule has 1 aromatic heterocycles. The van der Waals surface area contributed by atoms with Crippen LogP contribution in [0.3, 0.4) is 0 Å². The number of aliphatic hydroxyl groups is 1. The van der Waals surface area contributed by atoms with E-state index in [0.29, 0.717) is 55.4 Å². The summed E-state index contributed by atoms with van der Waals surface area (Å²) in [6, 6.07) is 6.11. The van der Waals surface area contributed by atoms with Crippen LogP contribution in [0.5, 0.6) is 17.4 Å². The fraction of sp³-hybridized carbons (Fsp3) is 0.600. The summed E-state index contributed by atoms with van der Waals surface area (Å²) in [7, 11) is 3.58. The Morgan fingerprint density at radius 2 is 2.00 bits per heavy atom. The van der Waals surface area contributed by atoms with Crippen molar-refractivity contribution in [1.82, 2.24) is 20.5 Å². The minimum atomic E-state index is -0.572. The maximum absolute atomic E-state index is 10.2. The van der Waals surface area contributed by atoms with Crippen LogP contribution in [0, 0.1) is 6.92 Å². The third-order valence-electron chi connectivity index (χ3n) is 4.50. The van der Waals surface area contributed by atoms with Crippen molar-refractivity contribution in [2.24, 2.45) is 0 Å². The van der Waals surface area contributed by atoms with E-state index >= 15 is 0 Å². The first kappa shape index (κ1) is 22.9.